The molecular formula is C18H30O2. The second kappa shape index (κ2) is 8.28. The van der Waals surface area contributed by atoms with Gasteiger partial charge in [0.05, 0.1) is 6.61 Å². The van der Waals surface area contributed by atoms with E-state index in [2.05, 4.69) is 20.1 Å². The normalized spacial score (nSPS) is 27.9. The molecule has 0 N–H and O–H groups in total. The Bertz CT molecular complexity index is 334. The maximum absolute atomic E-state index is 11.0. The van der Waals surface area contributed by atoms with Crippen LogP contribution >= 0.6 is 0 Å². The number of hydrogen-bond donors (Lipinski definition) is 0. The number of carbonyl (C=O) groups is 1. The van der Waals surface area contributed by atoms with E-state index in [1.165, 1.54) is 39.0 Å². The van der Waals surface area contributed by atoms with Crippen molar-refractivity contribution in [3.05, 3.63) is 25.3 Å². The summed E-state index contributed by atoms with van der Waals surface area (Å²) in [6.07, 6.45) is 12.5. The van der Waals surface area contributed by atoms with Crippen LogP contribution in [0.15, 0.2) is 25.3 Å². The number of hydrogen-bond acceptors (Lipinski definition) is 2. The van der Waals surface area contributed by atoms with Crippen LogP contribution in [0.4, 0.5) is 0 Å². The average molecular weight is 278 g/mol. The Kier molecular flexibility index (Phi) is 7.04. The first-order valence-electron chi connectivity index (χ1n) is 7.97. The van der Waals surface area contributed by atoms with Gasteiger partial charge in [-0.1, -0.05) is 44.8 Å². The minimum absolute atomic E-state index is 0.173. The molecule has 0 saturated heterocycles. The molecule has 0 bridgehead atoms. The lowest BCUT2D eigenvalue weighted by atomic mass is 9.89. The van der Waals surface area contributed by atoms with E-state index in [-0.39, 0.29) is 5.97 Å². The van der Waals surface area contributed by atoms with Crippen molar-refractivity contribution < 1.29 is 9.53 Å². The predicted octanol–water partition coefficient (Wildman–Crippen LogP) is 4.90. The highest BCUT2D eigenvalue weighted by molar-refractivity contribution is 5.65. The molecule has 1 rings (SSSR count). The van der Waals surface area contributed by atoms with Crippen molar-refractivity contribution in [2.45, 2.75) is 58.8 Å². The SMILES string of the molecule is C=CCC1C(COC(C)=O)C1(CC=C)CCCCCC. The number of allylic oxidation sites excluding steroid dienone is 2. The molecule has 0 spiro atoms. The highest BCUT2D eigenvalue weighted by atomic mass is 16.5. The molecule has 3 atom stereocenters. The maximum Gasteiger partial charge on any atom is 0.302 e. The van der Waals surface area contributed by atoms with Crippen LogP contribution in [0.1, 0.15) is 58.8 Å². The average Bonchev–Trinajstić information content (AvgIpc) is 3.00. The molecule has 0 heterocycles. The molecule has 3 unspecified atom stereocenters. The number of rotatable bonds is 11. The van der Waals surface area contributed by atoms with Gasteiger partial charge in [0.15, 0.2) is 0 Å². The fourth-order valence-electron chi connectivity index (χ4n) is 3.66. The van der Waals surface area contributed by atoms with Crippen molar-refractivity contribution in [1.82, 2.24) is 0 Å². The summed E-state index contributed by atoms with van der Waals surface area (Å²) < 4.78 is 5.26. The van der Waals surface area contributed by atoms with Crippen molar-refractivity contribution in [2.75, 3.05) is 6.61 Å². The fourth-order valence-corrected chi connectivity index (χ4v) is 3.66. The highest BCUT2D eigenvalue weighted by Crippen LogP contribution is 2.65. The van der Waals surface area contributed by atoms with E-state index in [0.717, 1.165) is 12.8 Å². The monoisotopic (exact) mass is 278 g/mol. The molecule has 2 heteroatoms. The van der Waals surface area contributed by atoms with Crippen LogP contribution in [0.3, 0.4) is 0 Å². The summed E-state index contributed by atoms with van der Waals surface area (Å²) >= 11 is 0. The molecule has 114 valence electrons. The quantitative estimate of drug-likeness (QED) is 0.305. The zero-order chi connectivity index (χ0) is 15.0. The third-order valence-electron chi connectivity index (χ3n) is 4.76. The molecule has 0 aliphatic heterocycles. The van der Waals surface area contributed by atoms with Gasteiger partial charge in [-0.25, -0.2) is 0 Å². The second-order valence-electron chi connectivity index (χ2n) is 6.08. The molecular weight excluding hydrogens is 248 g/mol. The second-order valence-corrected chi connectivity index (χ2v) is 6.08. The van der Waals surface area contributed by atoms with Gasteiger partial charge in [-0.05, 0) is 30.6 Å². The topological polar surface area (TPSA) is 26.3 Å². The summed E-state index contributed by atoms with van der Waals surface area (Å²) in [5, 5.41) is 0. The van der Waals surface area contributed by atoms with Gasteiger partial charge in [0.2, 0.25) is 0 Å². The lowest BCUT2D eigenvalue weighted by molar-refractivity contribution is -0.141. The minimum Gasteiger partial charge on any atom is -0.466 e. The van der Waals surface area contributed by atoms with Crippen LogP contribution in [-0.4, -0.2) is 12.6 Å². The van der Waals surface area contributed by atoms with Crippen molar-refractivity contribution in [1.29, 1.82) is 0 Å². The lowest BCUT2D eigenvalue weighted by Gasteiger charge is -2.16. The lowest BCUT2D eigenvalue weighted by Crippen LogP contribution is -2.10. The largest absolute Gasteiger partial charge is 0.466 e. The zero-order valence-electron chi connectivity index (χ0n) is 13.2. The zero-order valence-corrected chi connectivity index (χ0v) is 13.2. The first-order chi connectivity index (χ1) is 9.62. The summed E-state index contributed by atoms with van der Waals surface area (Å²) in [4.78, 5) is 11.0. The van der Waals surface area contributed by atoms with E-state index in [0.29, 0.717) is 23.9 Å². The standard InChI is InChI=1S/C18H30O2/c1-5-8-9-10-13-18(12-7-3)16(11-6-2)17(18)14-20-15(4)19/h6-7,16-17H,2-3,5,8-14H2,1,4H3. The Morgan fingerprint density at radius 1 is 1.20 bits per heavy atom. The highest BCUT2D eigenvalue weighted by Gasteiger charge is 2.61. The smallest absolute Gasteiger partial charge is 0.302 e. The van der Waals surface area contributed by atoms with E-state index >= 15 is 0 Å². The van der Waals surface area contributed by atoms with Crippen LogP contribution in [0.5, 0.6) is 0 Å². The van der Waals surface area contributed by atoms with Crippen LogP contribution in [-0.2, 0) is 9.53 Å². The van der Waals surface area contributed by atoms with Gasteiger partial charge in [0.25, 0.3) is 0 Å². The Morgan fingerprint density at radius 2 is 1.95 bits per heavy atom. The third kappa shape index (κ3) is 4.22. The predicted molar refractivity (Wildman–Crippen MR) is 84.4 cm³/mol. The Labute approximate surface area is 124 Å². The Hall–Kier alpha value is -1.05. The van der Waals surface area contributed by atoms with Gasteiger partial charge in [-0.15, -0.1) is 13.2 Å². The van der Waals surface area contributed by atoms with E-state index < -0.39 is 0 Å². The molecule has 0 amide bonds. The van der Waals surface area contributed by atoms with E-state index in [4.69, 9.17) is 4.74 Å². The molecule has 0 aromatic heterocycles. The van der Waals surface area contributed by atoms with Crippen molar-refractivity contribution in [3.63, 3.8) is 0 Å². The van der Waals surface area contributed by atoms with E-state index in [1.807, 2.05) is 12.2 Å². The van der Waals surface area contributed by atoms with E-state index in [9.17, 15) is 4.79 Å². The molecule has 0 aromatic rings. The van der Waals surface area contributed by atoms with Crippen LogP contribution in [0.2, 0.25) is 0 Å². The number of carbonyl (C=O) groups excluding carboxylic acids is 1. The van der Waals surface area contributed by atoms with Crippen LogP contribution in [0.25, 0.3) is 0 Å². The van der Waals surface area contributed by atoms with Gasteiger partial charge in [0, 0.05) is 12.8 Å². The van der Waals surface area contributed by atoms with Gasteiger partial charge in [-0.2, -0.15) is 0 Å². The number of ether oxygens (including phenoxy) is 1. The summed E-state index contributed by atoms with van der Waals surface area (Å²) in [7, 11) is 0. The maximum atomic E-state index is 11.0. The molecule has 0 aromatic carbocycles. The van der Waals surface area contributed by atoms with Gasteiger partial charge in [-0.3, -0.25) is 4.79 Å². The molecule has 1 aliphatic rings. The minimum atomic E-state index is -0.173. The Balaban J connectivity index is 2.60. The summed E-state index contributed by atoms with van der Waals surface area (Å²) in [6.45, 7) is 12.1. The first kappa shape index (κ1) is 17.0. The summed E-state index contributed by atoms with van der Waals surface area (Å²) in [5.41, 5.74) is 0.305. The molecule has 1 aliphatic carbocycles. The third-order valence-corrected chi connectivity index (χ3v) is 4.76. The number of unbranched alkanes of at least 4 members (excludes halogenated alkanes) is 3. The molecule has 2 nitrogen and oxygen atoms in total. The van der Waals surface area contributed by atoms with Gasteiger partial charge >= 0.3 is 5.97 Å². The first-order valence-corrected chi connectivity index (χ1v) is 7.97. The summed E-state index contributed by atoms with van der Waals surface area (Å²) in [5.74, 6) is 0.927. The van der Waals surface area contributed by atoms with Crippen molar-refractivity contribution in [3.8, 4) is 0 Å². The molecule has 1 fully saturated rings. The van der Waals surface area contributed by atoms with Gasteiger partial charge in [0.1, 0.15) is 0 Å². The number of esters is 1. The van der Waals surface area contributed by atoms with Crippen LogP contribution < -0.4 is 0 Å². The molecule has 0 radical (unpaired) electrons. The van der Waals surface area contributed by atoms with Crippen LogP contribution in [0, 0.1) is 17.3 Å². The van der Waals surface area contributed by atoms with E-state index in [1.54, 1.807) is 0 Å². The molecule has 1 saturated carbocycles. The Morgan fingerprint density at radius 3 is 2.50 bits per heavy atom. The van der Waals surface area contributed by atoms with Gasteiger partial charge < -0.3 is 4.74 Å². The van der Waals surface area contributed by atoms with Crippen molar-refractivity contribution >= 4 is 5.97 Å². The fraction of sp³-hybridized carbons (Fsp3) is 0.722. The molecule has 20 heavy (non-hydrogen) atoms. The van der Waals surface area contributed by atoms with Crippen molar-refractivity contribution in [2.24, 2.45) is 17.3 Å². The summed E-state index contributed by atoms with van der Waals surface area (Å²) in [6, 6.07) is 0.